The van der Waals surface area contributed by atoms with Crippen molar-refractivity contribution in [3.8, 4) is 0 Å². The highest BCUT2D eigenvalue weighted by molar-refractivity contribution is 5.35. The van der Waals surface area contributed by atoms with Gasteiger partial charge in [-0.3, -0.25) is 0 Å². The van der Waals surface area contributed by atoms with Crippen molar-refractivity contribution in [2.75, 3.05) is 0 Å². The van der Waals surface area contributed by atoms with Crippen molar-refractivity contribution in [3.05, 3.63) is 34.4 Å². The Kier molecular flexibility index (Phi) is 3.49. The lowest BCUT2D eigenvalue weighted by molar-refractivity contribution is -0.139. The van der Waals surface area contributed by atoms with Gasteiger partial charge in [0, 0.05) is 11.5 Å². The fourth-order valence-corrected chi connectivity index (χ4v) is 8.74. The smallest absolute Gasteiger partial charge is 0.335 e. The average Bonchev–Trinajstić information content (AvgIpc) is 3.33. The largest absolute Gasteiger partial charge is 0.431 e. The lowest BCUT2D eigenvalue weighted by atomic mass is 9.44. The molecule has 152 valence electrons. The quantitative estimate of drug-likeness (QED) is 0.735. The van der Waals surface area contributed by atoms with Crippen LogP contribution in [0.2, 0.25) is 0 Å². The molecule has 1 N–H and O–H groups in total. The molecule has 1 saturated heterocycles. The van der Waals surface area contributed by atoms with Crippen molar-refractivity contribution in [3.63, 3.8) is 0 Å². The zero-order valence-corrected chi connectivity index (χ0v) is 17.0. The fraction of sp³-hybridized carbons (Fsp3) is 0.792. The first-order valence-corrected chi connectivity index (χ1v) is 11.3. The van der Waals surface area contributed by atoms with Crippen molar-refractivity contribution in [2.45, 2.75) is 88.9 Å². The van der Waals surface area contributed by atoms with E-state index in [1.54, 1.807) is 12.3 Å². The number of fused-ring (bicyclic) bond motifs is 3. The molecule has 4 aliphatic carbocycles. The molecule has 5 aliphatic rings. The Labute approximate surface area is 166 Å². The summed E-state index contributed by atoms with van der Waals surface area (Å²) in [6.07, 6.45) is 11.1. The minimum atomic E-state index is -0.266. The Balaban J connectivity index is 1.36. The summed E-state index contributed by atoms with van der Waals surface area (Å²) in [7, 11) is 0. The topological polar surface area (TPSA) is 63.0 Å². The number of rotatable bonds is 1. The van der Waals surface area contributed by atoms with Crippen LogP contribution < -0.4 is 5.63 Å². The van der Waals surface area contributed by atoms with Crippen LogP contribution in [0.25, 0.3) is 0 Å². The van der Waals surface area contributed by atoms with Crippen LogP contribution in [0, 0.1) is 28.6 Å². The molecule has 5 fully saturated rings. The van der Waals surface area contributed by atoms with Crippen LogP contribution in [-0.2, 0) is 4.74 Å². The van der Waals surface area contributed by atoms with Gasteiger partial charge in [-0.25, -0.2) is 4.79 Å². The molecule has 4 nitrogen and oxygen atoms in total. The van der Waals surface area contributed by atoms with E-state index in [4.69, 9.17) is 9.15 Å². The van der Waals surface area contributed by atoms with Gasteiger partial charge in [0.25, 0.3) is 0 Å². The summed E-state index contributed by atoms with van der Waals surface area (Å²) < 4.78 is 11.8. The summed E-state index contributed by atoms with van der Waals surface area (Å²) in [6.45, 7) is 4.97. The predicted octanol–water partition coefficient (Wildman–Crippen LogP) is 4.26. The Morgan fingerprint density at radius 2 is 1.89 bits per heavy atom. The summed E-state index contributed by atoms with van der Waals surface area (Å²) in [4.78, 5) is 11.4. The average molecular weight is 385 g/mol. The number of hydrogen-bond acceptors (Lipinski definition) is 4. The molecule has 9 atom stereocenters. The molecular formula is C24H32O4. The standard InChI is InChI=1S/C24H32O4/c1-22-9-7-16(25)11-15(22)4-5-18-17(22)8-10-23(2)19(12-20-24(18,23)28-20)14-3-6-21(26)27-13-14/h3,6,13,15-20,25H,4-5,7-12H2,1-2H3/t15?,16-,17?,18+,19+,20+,22-,23+,24+/m0/s1. The predicted molar refractivity (Wildman–Crippen MR) is 105 cm³/mol. The number of ether oxygens (including phenoxy) is 1. The van der Waals surface area contributed by atoms with E-state index in [0.29, 0.717) is 29.3 Å². The van der Waals surface area contributed by atoms with Gasteiger partial charge in [-0.15, -0.1) is 0 Å². The maximum absolute atomic E-state index is 11.4. The van der Waals surface area contributed by atoms with Crippen molar-refractivity contribution in [2.24, 2.45) is 28.6 Å². The lowest BCUT2D eigenvalue weighted by Crippen LogP contribution is -2.58. The van der Waals surface area contributed by atoms with Crippen LogP contribution in [0.5, 0.6) is 0 Å². The van der Waals surface area contributed by atoms with Gasteiger partial charge < -0.3 is 14.3 Å². The lowest BCUT2D eigenvalue weighted by Gasteiger charge is -2.61. The number of hydrogen-bond donors (Lipinski definition) is 1. The van der Waals surface area contributed by atoms with Crippen molar-refractivity contribution < 1.29 is 14.3 Å². The molecule has 1 aromatic heterocycles. The fourth-order valence-electron chi connectivity index (χ4n) is 8.74. The summed E-state index contributed by atoms with van der Waals surface area (Å²) in [5.74, 6) is 2.48. The maximum atomic E-state index is 11.4. The van der Waals surface area contributed by atoms with Crippen molar-refractivity contribution in [1.82, 2.24) is 0 Å². The monoisotopic (exact) mass is 384 g/mol. The summed E-state index contributed by atoms with van der Waals surface area (Å²) in [5, 5.41) is 10.2. The van der Waals surface area contributed by atoms with Crippen LogP contribution in [0.4, 0.5) is 0 Å². The second-order valence-corrected chi connectivity index (χ2v) is 11.0. The number of aliphatic hydroxyl groups is 1. The Hall–Kier alpha value is -1.13. The summed E-state index contributed by atoms with van der Waals surface area (Å²) in [5.41, 5.74) is 1.44. The minimum absolute atomic E-state index is 0.0285. The maximum Gasteiger partial charge on any atom is 0.335 e. The molecule has 6 rings (SSSR count). The second-order valence-electron chi connectivity index (χ2n) is 11.0. The van der Waals surface area contributed by atoms with Crippen molar-refractivity contribution >= 4 is 0 Å². The summed E-state index contributed by atoms with van der Waals surface area (Å²) in [6, 6.07) is 3.55. The Morgan fingerprint density at radius 3 is 2.68 bits per heavy atom. The zero-order valence-electron chi connectivity index (χ0n) is 17.0. The van der Waals surface area contributed by atoms with E-state index in [1.165, 1.54) is 37.7 Å². The van der Waals surface area contributed by atoms with Gasteiger partial charge in [-0.1, -0.05) is 13.8 Å². The minimum Gasteiger partial charge on any atom is -0.431 e. The third-order valence-electron chi connectivity index (χ3n) is 10.2. The molecule has 4 saturated carbocycles. The van der Waals surface area contributed by atoms with Gasteiger partial charge in [0.2, 0.25) is 0 Å². The zero-order chi connectivity index (χ0) is 19.3. The van der Waals surface area contributed by atoms with Gasteiger partial charge in [0.05, 0.1) is 18.5 Å². The molecule has 1 aromatic rings. The van der Waals surface area contributed by atoms with Crippen LogP contribution in [-0.4, -0.2) is 22.9 Å². The number of aliphatic hydroxyl groups excluding tert-OH is 1. The molecule has 1 spiro atoms. The van der Waals surface area contributed by atoms with Gasteiger partial charge in [-0.2, -0.15) is 0 Å². The highest BCUT2D eigenvalue weighted by atomic mass is 16.6. The van der Waals surface area contributed by atoms with Crippen LogP contribution in [0.15, 0.2) is 27.6 Å². The molecule has 28 heavy (non-hydrogen) atoms. The summed E-state index contributed by atoms with van der Waals surface area (Å²) >= 11 is 0. The first kappa shape index (κ1) is 17.7. The molecule has 0 aromatic carbocycles. The highest BCUT2D eigenvalue weighted by Gasteiger charge is 2.80. The molecule has 0 radical (unpaired) electrons. The SMILES string of the molecule is C[C@]12CC[C@H](O)CC1CC[C@@H]1C2CC[C@]2(C)[C@@H](c3ccc(=O)oc3)C[C@H]3O[C@]132. The van der Waals surface area contributed by atoms with E-state index < -0.39 is 0 Å². The first-order valence-electron chi connectivity index (χ1n) is 11.3. The molecule has 0 bridgehead atoms. The Morgan fingerprint density at radius 1 is 1.04 bits per heavy atom. The van der Waals surface area contributed by atoms with Gasteiger partial charge in [0.15, 0.2) is 0 Å². The molecular weight excluding hydrogens is 352 g/mol. The molecule has 0 amide bonds. The van der Waals surface area contributed by atoms with E-state index in [2.05, 4.69) is 13.8 Å². The second kappa shape index (κ2) is 5.51. The van der Waals surface area contributed by atoms with Crippen LogP contribution >= 0.6 is 0 Å². The molecule has 2 unspecified atom stereocenters. The third kappa shape index (κ3) is 2.01. The van der Waals surface area contributed by atoms with Crippen LogP contribution in [0.3, 0.4) is 0 Å². The third-order valence-corrected chi connectivity index (χ3v) is 10.2. The van der Waals surface area contributed by atoms with E-state index in [1.807, 2.05) is 6.07 Å². The number of epoxide rings is 1. The van der Waals surface area contributed by atoms with E-state index >= 15 is 0 Å². The molecule has 1 aliphatic heterocycles. The van der Waals surface area contributed by atoms with E-state index in [0.717, 1.165) is 25.2 Å². The first-order chi connectivity index (χ1) is 13.4. The van der Waals surface area contributed by atoms with Gasteiger partial charge >= 0.3 is 5.63 Å². The van der Waals surface area contributed by atoms with Gasteiger partial charge in [-0.05, 0) is 92.1 Å². The van der Waals surface area contributed by atoms with Gasteiger partial charge in [0.1, 0.15) is 5.60 Å². The molecule has 4 heteroatoms. The highest BCUT2D eigenvalue weighted by Crippen LogP contribution is 2.77. The van der Waals surface area contributed by atoms with Crippen LogP contribution in [0.1, 0.15) is 76.7 Å². The van der Waals surface area contributed by atoms with Crippen molar-refractivity contribution in [1.29, 1.82) is 0 Å². The Bertz CT molecular complexity index is 842. The normalized spacial score (nSPS) is 54.2. The molecule has 2 heterocycles. The van der Waals surface area contributed by atoms with E-state index in [-0.39, 0.29) is 22.7 Å². The van der Waals surface area contributed by atoms with E-state index in [9.17, 15) is 9.90 Å².